The van der Waals surface area contributed by atoms with Crippen LogP contribution in [0.15, 0.2) is 32.5 Å². The molecule has 0 aromatic carbocycles. The second-order valence-electron chi connectivity index (χ2n) is 6.08. The molecule has 1 fully saturated rings. The maximum atomic E-state index is 5.53. The highest BCUT2D eigenvalue weighted by Gasteiger charge is 2.24. The zero-order valence-corrected chi connectivity index (χ0v) is 15.1. The highest BCUT2D eigenvalue weighted by atomic mass is 32.2. The average molecular weight is 360 g/mol. The Labute approximate surface area is 149 Å². The van der Waals surface area contributed by atoms with E-state index in [4.69, 9.17) is 8.94 Å². The SMILES string of the molecule is Cc1noc(C(C)Sc2nnc(N3CCCC3)n2Cc2ccco2)n1. The highest BCUT2D eigenvalue weighted by molar-refractivity contribution is 7.99. The van der Waals surface area contributed by atoms with Crippen LogP contribution in [0.25, 0.3) is 0 Å². The number of aryl methyl sites for hydroxylation is 1. The van der Waals surface area contributed by atoms with E-state index in [2.05, 4.69) is 29.8 Å². The summed E-state index contributed by atoms with van der Waals surface area (Å²) in [6.07, 6.45) is 4.06. The van der Waals surface area contributed by atoms with Crippen LogP contribution in [-0.4, -0.2) is 38.0 Å². The molecular weight excluding hydrogens is 340 g/mol. The van der Waals surface area contributed by atoms with Crippen molar-refractivity contribution >= 4 is 17.7 Å². The zero-order valence-electron chi connectivity index (χ0n) is 14.3. The number of anilines is 1. The summed E-state index contributed by atoms with van der Waals surface area (Å²) in [5.41, 5.74) is 0. The zero-order chi connectivity index (χ0) is 17.2. The molecular formula is C16H20N6O2S. The molecule has 132 valence electrons. The number of aromatic nitrogens is 5. The van der Waals surface area contributed by atoms with Gasteiger partial charge < -0.3 is 13.8 Å². The van der Waals surface area contributed by atoms with Gasteiger partial charge in [-0.05, 0) is 38.8 Å². The maximum Gasteiger partial charge on any atom is 0.239 e. The molecule has 1 aliphatic heterocycles. The van der Waals surface area contributed by atoms with Crippen molar-refractivity contribution in [1.29, 1.82) is 0 Å². The Kier molecular flexibility index (Phi) is 4.48. The third-order valence-corrected chi connectivity index (χ3v) is 5.22. The molecule has 8 nitrogen and oxygen atoms in total. The summed E-state index contributed by atoms with van der Waals surface area (Å²) in [5.74, 6) is 3.00. The van der Waals surface area contributed by atoms with E-state index in [1.54, 1.807) is 18.0 Å². The second-order valence-corrected chi connectivity index (χ2v) is 7.39. The van der Waals surface area contributed by atoms with Crippen molar-refractivity contribution in [3.8, 4) is 0 Å². The number of hydrogen-bond donors (Lipinski definition) is 0. The van der Waals surface area contributed by atoms with Crippen LogP contribution in [0, 0.1) is 6.92 Å². The smallest absolute Gasteiger partial charge is 0.239 e. The van der Waals surface area contributed by atoms with E-state index >= 15 is 0 Å². The van der Waals surface area contributed by atoms with Crippen molar-refractivity contribution in [2.24, 2.45) is 0 Å². The van der Waals surface area contributed by atoms with E-state index in [0.29, 0.717) is 18.3 Å². The summed E-state index contributed by atoms with van der Waals surface area (Å²) in [4.78, 5) is 6.59. The lowest BCUT2D eigenvalue weighted by molar-refractivity contribution is 0.376. The second kappa shape index (κ2) is 6.91. The van der Waals surface area contributed by atoms with Gasteiger partial charge in [-0.1, -0.05) is 16.9 Å². The third-order valence-electron chi connectivity index (χ3n) is 4.15. The lowest BCUT2D eigenvalue weighted by atomic mass is 10.4. The fourth-order valence-corrected chi connectivity index (χ4v) is 3.78. The maximum absolute atomic E-state index is 5.53. The normalized spacial score (nSPS) is 15.8. The van der Waals surface area contributed by atoms with E-state index in [1.165, 1.54) is 12.8 Å². The van der Waals surface area contributed by atoms with Crippen molar-refractivity contribution in [2.75, 3.05) is 18.0 Å². The van der Waals surface area contributed by atoms with E-state index < -0.39 is 0 Å². The van der Waals surface area contributed by atoms with Gasteiger partial charge in [-0.2, -0.15) is 4.98 Å². The van der Waals surface area contributed by atoms with Gasteiger partial charge in [0.25, 0.3) is 0 Å². The minimum absolute atomic E-state index is 0.00724. The predicted octanol–water partition coefficient (Wildman–Crippen LogP) is 3.06. The number of nitrogens with zero attached hydrogens (tertiary/aromatic N) is 6. The van der Waals surface area contributed by atoms with Gasteiger partial charge in [-0.25, -0.2) is 0 Å². The largest absolute Gasteiger partial charge is 0.467 e. The van der Waals surface area contributed by atoms with Gasteiger partial charge in [0.2, 0.25) is 11.8 Å². The standard InChI is InChI=1S/C16H20N6O2S/c1-11(14-17-12(2)20-24-14)25-16-19-18-15(21-7-3-4-8-21)22(16)10-13-6-5-9-23-13/h5-6,9,11H,3-4,7-8,10H2,1-2H3. The van der Waals surface area contributed by atoms with Gasteiger partial charge in [-0.3, -0.25) is 4.57 Å². The Morgan fingerprint density at radius 1 is 1.28 bits per heavy atom. The van der Waals surface area contributed by atoms with Gasteiger partial charge >= 0.3 is 0 Å². The molecule has 25 heavy (non-hydrogen) atoms. The number of furan rings is 1. The topological polar surface area (TPSA) is 86.0 Å². The molecule has 3 aromatic rings. The molecule has 0 N–H and O–H groups in total. The molecule has 1 saturated heterocycles. The quantitative estimate of drug-likeness (QED) is 0.620. The lowest BCUT2D eigenvalue weighted by Gasteiger charge is -2.18. The molecule has 0 saturated carbocycles. The summed E-state index contributed by atoms with van der Waals surface area (Å²) < 4.78 is 12.9. The van der Waals surface area contributed by atoms with Gasteiger partial charge in [0.15, 0.2) is 11.0 Å². The molecule has 0 aliphatic carbocycles. The van der Waals surface area contributed by atoms with Crippen LogP contribution < -0.4 is 4.90 Å². The molecule has 4 heterocycles. The number of hydrogen-bond acceptors (Lipinski definition) is 8. The minimum Gasteiger partial charge on any atom is -0.467 e. The molecule has 1 unspecified atom stereocenters. The van der Waals surface area contributed by atoms with Gasteiger partial charge in [-0.15, -0.1) is 10.2 Å². The Hall–Kier alpha value is -2.29. The van der Waals surface area contributed by atoms with Crippen molar-refractivity contribution < 1.29 is 8.94 Å². The number of rotatable bonds is 6. The van der Waals surface area contributed by atoms with Crippen molar-refractivity contribution in [2.45, 2.75) is 43.6 Å². The van der Waals surface area contributed by atoms with Crippen LogP contribution in [0.5, 0.6) is 0 Å². The van der Waals surface area contributed by atoms with Crippen molar-refractivity contribution in [1.82, 2.24) is 24.9 Å². The molecule has 0 radical (unpaired) electrons. The van der Waals surface area contributed by atoms with E-state index in [9.17, 15) is 0 Å². The minimum atomic E-state index is -0.00724. The summed E-state index contributed by atoms with van der Waals surface area (Å²) >= 11 is 1.56. The van der Waals surface area contributed by atoms with Crippen molar-refractivity contribution in [3.63, 3.8) is 0 Å². The molecule has 0 amide bonds. The number of thioether (sulfide) groups is 1. The first-order chi connectivity index (χ1) is 12.2. The van der Waals surface area contributed by atoms with Gasteiger partial charge in [0.05, 0.1) is 18.1 Å². The Morgan fingerprint density at radius 2 is 2.12 bits per heavy atom. The first-order valence-corrected chi connectivity index (χ1v) is 9.26. The van der Waals surface area contributed by atoms with Crippen LogP contribution in [-0.2, 0) is 6.54 Å². The van der Waals surface area contributed by atoms with Gasteiger partial charge in [0, 0.05) is 13.1 Å². The molecule has 3 aromatic heterocycles. The molecule has 9 heteroatoms. The fourth-order valence-electron chi connectivity index (χ4n) is 2.90. The molecule has 1 aliphatic rings. The van der Waals surface area contributed by atoms with Crippen LogP contribution in [0.3, 0.4) is 0 Å². The van der Waals surface area contributed by atoms with Crippen molar-refractivity contribution in [3.05, 3.63) is 35.9 Å². The summed E-state index contributed by atoms with van der Waals surface area (Å²) in [6, 6.07) is 3.86. The molecule has 0 bridgehead atoms. The van der Waals surface area contributed by atoms with Crippen LogP contribution in [0.2, 0.25) is 0 Å². The van der Waals surface area contributed by atoms with E-state index in [1.807, 2.05) is 26.0 Å². The fraction of sp³-hybridized carbons (Fsp3) is 0.500. The van der Waals surface area contributed by atoms with Crippen LogP contribution in [0.1, 0.15) is 42.5 Å². The summed E-state index contributed by atoms with van der Waals surface area (Å²) in [7, 11) is 0. The lowest BCUT2D eigenvalue weighted by Crippen LogP contribution is -2.22. The molecule has 0 spiro atoms. The predicted molar refractivity (Wildman–Crippen MR) is 92.6 cm³/mol. The Balaban J connectivity index is 1.61. The van der Waals surface area contributed by atoms with Gasteiger partial charge in [0.1, 0.15) is 5.76 Å². The third kappa shape index (κ3) is 3.41. The highest BCUT2D eigenvalue weighted by Crippen LogP contribution is 2.35. The molecule has 1 atom stereocenters. The molecule has 4 rings (SSSR count). The van der Waals surface area contributed by atoms with Crippen LogP contribution >= 0.6 is 11.8 Å². The van der Waals surface area contributed by atoms with E-state index in [0.717, 1.165) is 30.0 Å². The first-order valence-electron chi connectivity index (χ1n) is 8.38. The Morgan fingerprint density at radius 3 is 2.80 bits per heavy atom. The summed E-state index contributed by atoms with van der Waals surface area (Å²) in [6.45, 7) is 6.47. The first kappa shape index (κ1) is 16.2. The van der Waals surface area contributed by atoms with E-state index in [-0.39, 0.29) is 5.25 Å². The average Bonchev–Trinajstić information content (AvgIpc) is 3.35. The van der Waals surface area contributed by atoms with Crippen LogP contribution in [0.4, 0.5) is 5.95 Å². The Bertz CT molecular complexity index is 822. The summed E-state index contributed by atoms with van der Waals surface area (Å²) in [5, 5.41) is 13.5. The monoisotopic (exact) mass is 360 g/mol.